The molecule has 0 aliphatic carbocycles. The quantitative estimate of drug-likeness (QED) is 0.875. The first-order chi connectivity index (χ1) is 8.56. The average molecular weight is 266 g/mol. The second-order valence-electron chi connectivity index (χ2n) is 4.09. The number of hydrogen-bond donors (Lipinski definition) is 2. The van der Waals surface area contributed by atoms with Crippen LogP contribution in [-0.4, -0.2) is 5.11 Å². The number of aryl methyl sites for hydroxylation is 1. The van der Waals surface area contributed by atoms with Crippen molar-refractivity contribution in [2.45, 2.75) is 13.5 Å². The highest BCUT2D eigenvalue weighted by molar-refractivity contribution is 6.30. The third-order valence-electron chi connectivity index (χ3n) is 2.70. The fraction of sp³-hybridized carbons (Fsp3) is 0.143. The molecule has 2 aromatic rings. The Labute approximate surface area is 110 Å². The summed E-state index contributed by atoms with van der Waals surface area (Å²) in [6, 6.07) is 9.41. The minimum Gasteiger partial charge on any atom is -0.508 e. The van der Waals surface area contributed by atoms with Gasteiger partial charge in [0.05, 0.1) is 0 Å². The molecule has 0 unspecified atom stereocenters. The molecule has 0 spiro atoms. The summed E-state index contributed by atoms with van der Waals surface area (Å²) in [4.78, 5) is 0. The van der Waals surface area contributed by atoms with Gasteiger partial charge in [-0.1, -0.05) is 11.6 Å². The SMILES string of the molecule is Cc1cc(F)ccc1NCc1cc(Cl)ccc1O. The van der Waals surface area contributed by atoms with E-state index in [0.29, 0.717) is 17.1 Å². The van der Waals surface area contributed by atoms with E-state index in [-0.39, 0.29) is 11.6 Å². The highest BCUT2D eigenvalue weighted by Gasteiger charge is 2.04. The molecule has 0 saturated heterocycles. The zero-order chi connectivity index (χ0) is 13.1. The lowest BCUT2D eigenvalue weighted by Crippen LogP contribution is -2.01. The molecule has 0 atom stereocenters. The molecule has 0 saturated carbocycles. The van der Waals surface area contributed by atoms with Gasteiger partial charge >= 0.3 is 0 Å². The van der Waals surface area contributed by atoms with Crippen LogP contribution in [0, 0.1) is 12.7 Å². The zero-order valence-corrected chi connectivity index (χ0v) is 10.6. The van der Waals surface area contributed by atoms with Crippen LogP contribution >= 0.6 is 11.6 Å². The maximum Gasteiger partial charge on any atom is 0.123 e. The predicted octanol–water partition coefficient (Wildman–Crippen LogP) is 4.11. The van der Waals surface area contributed by atoms with E-state index in [9.17, 15) is 9.50 Å². The van der Waals surface area contributed by atoms with Crippen molar-refractivity contribution >= 4 is 17.3 Å². The minimum absolute atomic E-state index is 0.187. The van der Waals surface area contributed by atoms with Crippen molar-refractivity contribution < 1.29 is 9.50 Å². The fourth-order valence-electron chi connectivity index (χ4n) is 1.71. The Morgan fingerprint density at radius 2 is 2.00 bits per heavy atom. The Bertz CT molecular complexity index is 572. The number of hydrogen-bond acceptors (Lipinski definition) is 2. The zero-order valence-electron chi connectivity index (χ0n) is 9.87. The number of phenolic OH excluding ortho intramolecular Hbond substituents is 1. The molecule has 4 heteroatoms. The largest absolute Gasteiger partial charge is 0.508 e. The molecule has 0 aromatic heterocycles. The number of anilines is 1. The molecule has 0 aliphatic heterocycles. The molecule has 0 aliphatic rings. The van der Waals surface area contributed by atoms with Crippen molar-refractivity contribution in [3.63, 3.8) is 0 Å². The van der Waals surface area contributed by atoms with Gasteiger partial charge in [0.25, 0.3) is 0 Å². The van der Waals surface area contributed by atoms with Crippen LogP contribution in [0.1, 0.15) is 11.1 Å². The van der Waals surface area contributed by atoms with E-state index in [1.54, 1.807) is 24.3 Å². The first-order valence-electron chi connectivity index (χ1n) is 5.53. The Kier molecular flexibility index (Phi) is 3.72. The molecule has 2 aromatic carbocycles. The monoisotopic (exact) mass is 265 g/mol. The van der Waals surface area contributed by atoms with Gasteiger partial charge in [0, 0.05) is 22.8 Å². The maximum atomic E-state index is 12.9. The molecule has 18 heavy (non-hydrogen) atoms. The lowest BCUT2D eigenvalue weighted by atomic mass is 10.1. The molecule has 0 amide bonds. The van der Waals surface area contributed by atoms with Gasteiger partial charge in [-0.2, -0.15) is 0 Å². The topological polar surface area (TPSA) is 32.3 Å². The van der Waals surface area contributed by atoms with E-state index in [0.717, 1.165) is 11.3 Å². The Morgan fingerprint density at radius 1 is 1.22 bits per heavy atom. The van der Waals surface area contributed by atoms with Crippen LogP contribution in [0.3, 0.4) is 0 Å². The Balaban J connectivity index is 2.13. The molecule has 0 heterocycles. The van der Waals surface area contributed by atoms with Gasteiger partial charge in [-0.25, -0.2) is 4.39 Å². The molecule has 0 bridgehead atoms. The van der Waals surface area contributed by atoms with Gasteiger partial charge in [0.1, 0.15) is 11.6 Å². The molecule has 0 radical (unpaired) electrons. The summed E-state index contributed by atoms with van der Waals surface area (Å²) in [6.07, 6.45) is 0. The smallest absolute Gasteiger partial charge is 0.123 e. The molecular formula is C14H13ClFNO. The van der Waals surface area contributed by atoms with E-state index >= 15 is 0 Å². The normalized spacial score (nSPS) is 10.4. The summed E-state index contributed by atoms with van der Waals surface area (Å²) in [5.74, 6) is -0.0738. The van der Waals surface area contributed by atoms with Gasteiger partial charge in [-0.15, -0.1) is 0 Å². The summed E-state index contributed by atoms with van der Waals surface area (Å²) in [6.45, 7) is 2.25. The van der Waals surface area contributed by atoms with Crippen molar-refractivity contribution in [3.8, 4) is 5.75 Å². The second-order valence-corrected chi connectivity index (χ2v) is 4.52. The Hall–Kier alpha value is -1.74. The number of halogens is 2. The number of nitrogens with one attached hydrogen (secondary N) is 1. The summed E-state index contributed by atoms with van der Waals surface area (Å²) in [5, 5.41) is 13.4. The van der Waals surface area contributed by atoms with E-state index in [1.165, 1.54) is 12.1 Å². The van der Waals surface area contributed by atoms with Crippen LogP contribution in [-0.2, 0) is 6.54 Å². The molecule has 2 rings (SSSR count). The van der Waals surface area contributed by atoms with Crippen LogP contribution < -0.4 is 5.32 Å². The van der Waals surface area contributed by atoms with Gasteiger partial charge in [-0.3, -0.25) is 0 Å². The summed E-state index contributed by atoms with van der Waals surface area (Å²) >= 11 is 5.86. The van der Waals surface area contributed by atoms with Crippen LogP contribution in [0.25, 0.3) is 0 Å². The third-order valence-corrected chi connectivity index (χ3v) is 2.93. The highest BCUT2D eigenvalue weighted by atomic mass is 35.5. The molecule has 0 fully saturated rings. The van der Waals surface area contributed by atoms with Crippen molar-refractivity contribution in [1.82, 2.24) is 0 Å². The number of phenols is 1. The van der Waals surface area contributed by atoms with E-state index in [4.69, 9.17) is 11.6 Å². The van der Waals surface area contributed by atoms with Crippen LogP contribution in [0.4, 0.5) is 10.1 Å². The van der Waals surface area contributed by atoms with Gasteiger partial charge < -0.3 is 10.4 Å². The van der Waals surface area contributed by atoms with Gasteiger partial charge in [0.2, 0.25) is 0 Å². The molecule has 2 N–H and O–H groups in total. The molecule has 2 nitrogen and oxygen atoms in total. The minimum atomic E-state index is -0.261. The predicted molar refractivity (Wildman–Crippen MR) is 71.6 cm³/mol. The lowest BCUT2D eigenvalue weighted by Gasteiger charge is -2.11. The van der Waals surface area contributed by atoms with Crippen molar-refractivity contribution in [2.24, 2.45) is 0 Å². The lowest BCUT2D eigenvalue weighted by molar-refractivity contribution is 0.469. The van der Waals surface area contributed by atoms with Gasteiger partial charge in [0.15, 0.2) is 0 Å². The van der Waals surface area contributed by atoms with Crippen LogP contribution in [0.15, 0.2) is 36.4 Å². The maximum absolute atomic E-state index is 12.9. The van der Waals surface area contributed by atoms with E-state index in [2.05, 4.69) is 5.32 Å². The fourth-order valence-corrected chi connectivity index (χ4v) is 1.91. The standard InChI is InChI=1S/C14H13ClFNO/c1-9-6-12(16)3-4-13(9)17-8-10-7-11(15)2-5-14(10)18/h2-7,17-18H,8H2,1H3. The van der Waals surface area contributed by atoms with Crippen molar-refractivity contribution in [2.75, 3.05) is 5.32 Å². The molecular weight excluding hydrogens is 253 g/mol. The van der Waals surface area contributed by atoms with E-state index < -0.39 is 0 Å². The van der Waals surface area contributed by atoms with Crippen molar-refractivity contribution in [1.29, 1.82) is 0 Å². The number of aromatic hydroxyl groups is 1. The van der Waals surface area contributed by atoms with Gasteiger partial charge in [-0.05, 0) is 48.9 Å². The first-order valence-corrected chi connectivity index (χ1v) is 5.91. The Morgan fingerprint density at radius 3 is 2.72 bits per heavy atom. The highest BCUT2D eigenvalue weighted by Crippen LogP contribution is 2.23. The van der Waals surface area contributed by atoms with Crippen molar-refractivity contribution in [3.05, 3.63) is 58.4 Å². The van der Waals surface area contributed by atoms with Crippen LogP contribution in [0.2, 0.25) is 5.02 Å². The van der Waals surface area contributed by atoms with E-state index in [1.807, 2.05) is 6.92 Å². The number of benzene rings is 2. The summed E-state index contributed by atoms with van der Waals surface area (Å²) < 4.78 is 12.9. The average Bonchev–Trinajstić information content (AvgIpc) is 2.32. The molecule has 94 valence electrons. The third kappa shape index (κ3) is 2.93. The summed E-state index contributed by atoms with van der Waals surface area (Å²) in [7, 11) is 0. The summed E-state index contributed by atoms with van der Waals surface area (Å²) in [5.41, 5.74) is 2.35. The van der Waals surface area contributed by atoms with Crippen LogP contribution in [0.5, 0.6) is 5.75 Å². The number of rotatable bonds is 3. The first kappa shape index (κ1) is 12.7. The second kappa shape index (κ2) is 5.27.